The van der Waals surface area contributed by atoms with Gasteiger partial charge in [-0.1, -0.05) is 0 Å². The summed E-state index contributed by atoms with van der Waals surface area (Å²) >= 11 is 3.33. The zero-order valence-electron chi connectivity index (χ0n) is 15.0. The smallest absolute Gasteiger partial charge is 0.407 e. The molecule has 0 spiro atoms. The van der Waals surface area contributed by atoms with Gasteiger partial charge >= 0.3 is 12.1 Å². The first-order chi connectivity index (χ1) is 11.7. The number of amides is 1. The normalized spacial score (nSPS) is 17.8. The summed E-state index contributed by atoms with van der Waals surface area (Å²) in [5.74, 6) is 0.122. The Balaban J connectivity index is 2.11. The Hall–Kier alpha value is -1.83. The molecule has 0 radical (unpaired) electrons. The minimum absolute atomic E-state index is 0.0699. The number of hydrogen-bond donors (Lipinski definition) is 1. The highest BCUT2D eigenvalue weighted by molar-refractivity contribution is 9.10. The summed E-state index contributed by atoms with van der Waals surface area (Å²) in [7, 11) is 1.34. The molecule has 8 heteroatoms. The number of methoxy groups -OCH3 is 1. The zero-order chi connectivity index (χ0) is 18.6. The van der Waals surface area contributed by atoms with Gasteiger partial charge in [-0.25, -0.2) is 14.6 Å². The minimum atomic E-state index is -0.538. The van der Waals surface area contributed by atoms with Crippen molar-refractivity contribution in [2.24, 2.45) is 0 Å². The Bertz CT molecular complexity index is 645. The van der Waals surface area contributed by atoms with Crippen LogP contribution in [0, 0.1) is 0 Å². The molecule has 1 atom stereocenters. The summed E-state index contributed by atoms with van der Waals surface area (Å²) in [4.78, 5) is 30.4. The summed E-state index contributed by atoms with van der Waals surface area (Å²) in [5, 5.41) is 2.89. The largest absolute Gasteiger partial charge is 0.465 e. The molecule has 1 aliphatic rings. The lowest BCUT2D eigenvalue weighted by atomic mass is 10.1. The second-order valence-corrected chi connectivity index (χ2v) is 7.86. The third-order valence-corrected chi connectivity index (χ3v) is 4.11. The van der Waals surface area contributed by atoms with Gasteiger partial charge in [0.25, 0.3) is 0 Å². The van der Waals surface area contributed by atoms with E-state index in [9.17, 15) is 9.59 Å². The zero-order valence-corrected chi connectivity index (χ0v) is 16.6. The van der Waals surface area contributed by atoms with Gasteiger partial charge < -0.3 is 19.7 Å². The van der Waals surface area contributed by atoms with Crippen molar-refractivity contribution in [2.75, 3.05) is 25.1 Å². The molecular weight excluding hydrogens is 390 g/mol. The van der Waals surface area contributed by atoms with Crippen LogP contribution in [0.4, 0.5) is 10.6 Å². The van der Waals surface area contributed by atoms with Crippen LogP contribution < -0.4 is 10.2 Å². The second kappa shape index (κ2) is 8.03. The summed E-state index contributed by atoms with van der Waals surface area (Å²) in [5.41, 5.74) is -0.140. The molecule has 1 fully saturated rings. The van der Waals surface area contributed by atoms with E-state index in [0.717, 1.165) is 19.4 Å². The number of nitrogens with one attached hydrogen (secondary N) is 1. The average molecular weight is 414 g/mol. The SMILES string of the molecule is COC(=O)c1cc(Br)cnc1N1CCC[C@H](NC(=O)OC(C)(C)C)C1. The molecule has 1 aromatic heterocycles. The number of piperidine rings is 1. The van der Waals surface area contributed by atoms with Crippen LogP contribution in [0.2, 0.25) is 0 Å². The van der Waals surface area contributed by atoms with Crippen molar-refractivity contribution >= 4 is 33.8 Å². The number of ether oxygens (including phenoxy) is 2. The number of rotatable bonds is 3. The third kappa shape index (κ3) is 5.59. The number of esters is 1. The third-order valence-electron chi connectivity index (χ3n) is 3.68. The number of aromatic nitrogens is 1. The number of pyridine rings is 1. The summed E-state index contributed by atoms with van der Waals surface area (Å²) in [6.07, 6.45) is 2.93. The van der Waals surface area contributed by atoms with Crippen LogP contribution in [0.15, 0.2) is 16.7 Å². The Morgan fingerprint density at radius 3 is 2.76 bits per heavy atom. The summed E-state index contributed by atoms with van der Waals surface area (Å²) in [6, 6.07) is 1.62. The number of nitrogens with zero attached hydrogens (tertiary/aromatic N) is 2. The number of halogens is 1. The molecule has 0 aliphatic carbocycles. The molecule has 2 rings (SSSR count). The van der Waals surface area contributed by atoms with Gasteiger partial charge in [0.15, 0.2) is 0 Å². The first-order valence-electron chi connectivity index (χ1n) is 8.18. The number of carbonyl (C=O) groups excluding carboxylic acids is 2. The van der Waals surface area contributed by atoms with Crippen LogP contribution in [-0.4, -0.2) is 48.9 Å². The lowest BCUT2D eigenvalue weighted by molar-refractivity contribution is 0.0498. The second-order valence-electron chi connectivity index (χ2n) is 6.95. The molecule has 2 heterocycles. The van der Waals surface area contributed by atoms with Crippen LogP contribution >= 0.6 is 15.9 Å². The maximum Gasteiger partial charge on any atom is 0.407 e. The molecule has 138 valence electrons. The molecule has 1 saturated heterocycles. The van der Waals surface area contributed by atoms with E-state index in [1.54, 1.807) is 12.3 Å². The predicted molar refractivity (Wildman–Crippen MR) is 97.9 cm³/mol. The van der Waals surface area contributed by atoms with E-state index in [1.807, 2.05) is 25.7 Å². The minimum Gasteiger partial charge on any atom is -0.465 e. The fourth-order valence-corrected chi connectivity index (χ4v) is 3.04. The fraction of sp³-hybridized carbons (Fsp3) is 0.588. The molecule has 1 aliphatic heterocycles. The van der Waals surface area contributed by atoms with Gasteiger partial charge in [-0.3, -0.25) is 0 Å². The topological polar surface area (TPSA) is 80.8 Å². The number of hydrogen-bond acceptors (Lipinski definition) is 6. The molecule has 7 nitrogen and oxygen atoms in total. The van der Waals surface area contributed by atoms with E-state index in [2.05, 4.69) is 26.2 Å². The van der Waals surface area contributed by atoms with Crippen LogP contribution in [0.5, 0.6) is 0 Å². The first kappa shape index (κ1) is 19.5. The van der Waals surface area contributed by atoms with E-state index in [-0.39, 0.29) is 6.04 Å². The van der Waals surface area contributed by atoms with Crippen molar-refractivity contribution in [2.45, 2.75) is 45.3 Å². The summed E-state index contributed by atoms with van der Waals surface area (Å²) in [6.45, 7) is 6.79. The molecule has 1 aromatic rings. The highest BCUT2D eigenvalue weighted by atomic mass is 79.9. The van der Waals surface area contributed by atoms with Crippen molar-refractivity contribution in [1.82, 2.24) is 10.3 Å². The Morgan fingerprint density at radius 1 is 1.40 bits per heavy atom. The van der Waals surface area contributed by atoms with Gasteiger partial charge in [0.2, 0.25) is 0 Å². The van der Waals surface area contributed by atoms with Crippen LogP contribution in [0.25, 0.3) is 0 Å². The summed E-state index contributed by atoms with van der Waals surface area (Å²) < 4.78 is 10.9. The fourth-order valence-electron chi connectivity index (χ4n) is 2.71. The molecular formula is C17H24BrN3O4. The maximum absolute atomic E-state index is 12.0. The van der Waals surface area contributed by atoms with E-state index in [4.69, 9.17) is 9.47 Å². The van der Waals surface area contributed by atoms with E-state index in [1.165, 1.54) is 7.11 Å². The van der Waals surface area contributed by atoms with Crippen molar-refractivity contribution in [3.63, 3.8) is 0 Å². The predicted octanol–water partition coefficient (Wildman–Crippen LogP) is 3.12. The number of carbonyl (C=O) groups is 2. The lowest BCUT2D eigenvalue weighted by Gasteiger charge is -2.35. The van der Waals surface area contributed by atoms with Gasteiger partial charge in [0, 0.05) is 29.8 Å². The Kier molecular flexibility index (Phi) is 6.26. The average Bonchev–Trinajstić information content (AvgIpc) is 2.52. The highest BCUT2D eigenvalue weighted by Crippen LogP contribution is 2.25. The van der Waals surface area contributed by atoms with Gasteiger partial charge in [-0.2, -0.15) is 0 Å². The quantitative estimate of drug-likeness (QED) is 0.766. The van der Waals surface area contributed by atoms with Crippen molar-refractivity contribution in [3.05, 3.63) is 22.3 Å². The standard InChI is InChI=1S/C17H24BrN3O4/c1-17(2,3)25-16(23)20-12-6-5-7-21(10-12)14-13(15(22)24-4)8-11(18)9-19-14/h8-9,12H,5-7,10H2,1-4H3,(H,20,23)/t12-/m0/s1. The monoisotopic (exact) mass is 413 g/mol. The maximum atomic E-state index is 12.0. The lowest BCUT2D eigenvalue weighted by Crippen LogP contribution is -2.49. The van der Waals surface area contributed by atoms with E-state index in [0.29, 0.717) is 22.4 Å². The van der Waals surface area contributed by atoms with Crippen LogP contribution in [0.1, 0.15) is 44.0 Å². The van der Waals surface area contributed by atoms with Crippen molar-refractivity contribution in [1.29, 1.82) is 0 Å². The molecule has 0 bridgehead atoms. The highest BCUT2D eigenvalue weighted by Gasteiger charge is 2.27. The number of alkyl carbamates (subject to hydrolysis) is 1. The van der Waals surface area contributed by atoms with Crippen molar-refractivity contribution in [3.8, 4) is 0 Å². The first-order valence-corrected chi connectivity index (χ1v) is 8.97. The van der Waals surface area contributed by atoms with Crippen LogP contribution in [-0.2, 0) is 9.47 Å². The molecule has 0 unspecified atom stereocenters. The molecule has 25 heavy (non-hydrogen) atoms. The Labute approximate surface area is 156 Å². The molecule has 1 N–H and O–H groups in total. The van der Waals surface area contributed by atoms with Crippen LogP contribution in [0.3, 0.4) is 0 Å². The Morgan fingerprint density at radius 2 is 2.12 bits per heavy atom. The van der Waals surface area contributed by atoms with Gasteiger partial charge in [-0.05, 0) is 55.6 Å². The van der Waals surface area contributed by atoms with Gasteiger partial charge in [0.1, 0.15) is 17.0 Å². The molecule has 1 amide bonds. The van der Waals surface area contributed by atoms with Crippen molar-refractivity contribution < 1.29 is 19.1 Å². The number of anilines is 1. The van der Waals surface area contributed by atoms with Gasteiger partial charge in [0.05, 0.1) is 7.11 Å². The van der Waals surface area contributed by atoms with E-state index < -0.39 is 17.7 Å². The molecule has 0 saturated carbocycles. The molecule has 0 aromatic carbocycles. The van der Waals surface area contributed by atoms with E-state index >= 15 is 0 Å². The van der Waals surface area contributed by atoms with Gasteiger partial charge in [-0.15, -0.1) is 0 Å².